The second-order valence-corrected chi connectivity index (χ2v) is 4.42. The molecule has 7 heteroatoms. The summed E-state index contributed by atoms with van der Waals surface area (Å²) in [4.78, 5) is 0. The molecule has 21 heavy (non-hydrogen) atoms. The molecule has 1 aromatic carbocycles. The van der Waals surface area contributed by atoms with Crippen LogP contribution in [0.5, 0.6) is 5.75 Å². The first-order chi connectivity index (χ1) is 10.0. The van der Waals surface area contributed by atoms with Crippen LogP contribution in [0.1, 0.15) is 12.2 Å². The Hall–Kier alpha value is -1.73. The molecule has 0 aliphatic heterocycles. The minimum atomic E-state index is -4.30. The first kappa shape index (κ1) is 15.7. The number of nitrogens with two attached hydrogens (primary N) is 1. The fraction of sp³-hybridized carbons (Fsp3) is 0.429. The van der Waals surface area contributed by atoms with E-state index in [1.54, 1.807) is 6.07 Å². The predicted octanol–water partition coefficient (Wildman–Crippen LogP) is 3.24. The van der Waals surface area contributed by atoms with Crippen molar-refractivity contribution in [1.82, 2.24) is 0 Å². The molecule has 0 spiro atoms. The fourth-order valence-corrected chi connectivity index (χ4v) is 1.89. The first-order valence-corrected chi connectivity index (χ1v) is 6.49. The highest BCUT2D eigenvalue weighted by atomic mass is 19.4. The normalized spacial score (nSPS) is 12.0. The molecular weight excluding hydrogens is 287 g/mol. The van der Waals surface area contributed by atoms with Crippen LogP contribution in [0.3, 0.4) is 0 Å². The van der Waals surface area contributed by atoms with Gasteiger partial charge < -0.3 is 19.6 Å². The minimum Gasteiger partial charge on any atom is -0.489 e. The van der Waals surface area contributed by atoms with E-state index in [2.05, 4.69) is 4.74 Å². The Morgan fingerprint density at radius 3 is 2.62 bits per heavy atom. The van der Waals surface area contributed by atoms with Crippen LogP contribution in [0.25, 0.3) is 11.0 Å². The lowest BCUT2D eigenvalue weighted by atomic mass is 10.2. The molecule has 0 fully saturated rings. The topological polar surface area (TPSA) is 57.6 Å². The van der Waals surface area contributed by atoms with Gasteiger partial charge in [-0.15, -0.1) is 0 Å². The lowest BCUT2D eigenvalue weighted by molar-refractivity contribution is -0.174. The van der Waals surface area contributed by atoms with Gasteiger partial charge in [0.25, 0.3) is 0 Å². The van der Waals surface area contributed by atoms with Gasteiger partial charge in [-0.2, -0.15) is 13.2 Å². The Morgan fingerprint density at radius 1 is 1.14 bits per heavy atom. The third-order valence-electron chi connectivity index (χ3n) is 2.75. The maximum atomic E-state index is 11.9. The van der Waals surface area contributed by atoms with Crippen molar-refractivity contribution in [3.8, 4) is 5.75 Å². The van der Waals surface area contributed by atoms with Gasteiger partial charge in [-0.25, -0.2) is 0 Å². The van der Waals surface area contributed by atoms with Crippen LogP contribution in [0.15, 0.2) is 28.7 Å². The number of halogens is 3. The van der Waals surface area contributed by atoms with E-state index in [0.717, 1.165) is 5.39 Å². The monoisotopic (exact) mass is 303 g/mol. The summed E-state index contributed by atoms with van der Waals surface area (Å²) >= 11 is 0. The smallest absolute Gasteiger partial charge is 0.411 e. The summed E-state index contributed by atoms with van der Waals surface area (Å²) in [5.41, 5.74) is 6.26. The Morgan fingerprint density at radius 2 is 1.90 bits per heavy atom. The number of para-hydroxylation sites is 1. The van der Waals surface area contributed by atoms with Gasteiger partial charge in [0.15, 0.2) is 11.5 Å². The Kier molecular flexibility index (Phi) is 5.08. The van der Waals surface area contributed by atoms with Crippen LogP contribution in [-0.4, -0.2) is 26.0 Å². The Labute approximate surface area is 119 Å². The van der Waals surface area contributed by atoms with E-state index in [1.165, 1.54) is 0 Å². The van der Waals surface area contributed by atoms with Crippen molar-refractivity contribution in [1.29, 1.82) is 0 Å². The average Bonchev–Trinajstić information content (AvgIpc) is 2.79. The SMILES string of the molecule is NCc1oc2ccccc2c1OCCCOCC(F)(F)F. The van der Waals surface area contributed by atoms with Crippen molar-refractivity contribution in [3.05, 3.63) is 30.0 Å². The van der Waals surface area contributed by atoms with Crippen LogP contribution < -0.4 is 10.5 Å². The highest BCUT2D eigenvalue weighted by molar-refractivity contribution is 5.85. The van der Waals surface area contributed by atoms with E-state index in [-0.39, 0.29) is 19.8 Å². The summed E-state index contributed by atoms with van der Waals surface area (Å²) in [6.07, 6.45) is -3.95. The van der Waals surface area contributed by atoms with Gasteiger partial charge in [-0.3, -0.25) is 0 Å². The summed E-state index contributed by atoms with van der Waals surface area (Å²) < 4.78 is 51.3. The lowest BCUT2D eigenvalue weighted by Gasteiger charge is -2.08. The second kappa shape index (κ2) is 6.82. The number of alkyl halides is 3. The second-order valence-electron chi connectivity index (χ2n) is 4.42. The van der Waals surface area contributed by atoms with E-state index >= 15 is 0 Å². The third-order valence-corrected chi connectivity index (χ3v) is 2.75. The van der Waals surface area contributed by atoms with Crippen LogP contribution in [0, 0.1) is 0 Å². The van der Waals surface area contributed by atoms with Crippen molar-refractivity contribution in [2.24, 2.45) is 5.73 Å². The van der Waals surface area contributed by atoms with Crippen LogP contribution in [0.2, 0.25) is 0 Å². The molecule has 0 aliphatic carbocycles. The first-order valence-electron chi connectivity index (χ1n) is 6.49. The Balaban J connectivity index is 1.86. The van der Waals surface area contributed by atoms with Crippen LogP contribution in [0.4, 0.5) is 13.2 Å². The van der Waals surface area contributed by atoms with Crippen LogP contribution in [-0.2, 0) is 11.3 Å². The zero-order chi connectivity index (χ0) is 15.3. The maximum Gasteiger partial charge on any atom is 0.411 e. The van der Waals surface area contributed by atoms with E-state index in [1.807, 2.05) is 18.2 Å². The molecule has 0 amide bonds. The number of furan rings is 1. The number of ether oxygens (including phenoxy) is 2. The van der Waals surface area contributed by atoms with Crippen molar-refractivity contribution in [2.75, 3.05) is 19.8 Å². The summed E-state index contributed by atoms with van der Waals surface area (Å²) in [6.45, 7) is -0.841. The largest absolute Gasteiger partial charge is 0.489 e. The molecular formula is C14H16F3NO3. The molecule has 116 valence electrons. The lowest BCUT2D eigenvalue weighted by Crippen LogP contribution is -2.18. The van der Waals surface area contributed by atoms with Crippen molar-refractivity contribution < 1.29 is 27.1 Å². The van der Waals surface area contributed by atoms with Gasteiger partial charge in [0.05, 0.1) is 25.1 Å². The predicted molar refractivity (Wildman–Crippen MR) is 71.1 cm³/mol. The van der Waals surface area contributed by atoms with E-state index in [4.69, 9.17) is 14.9 Å². The number of hydrogen-bond donors (Lipinski definition) is 1. The van der Waals surface area contributed by atoms with E-state index in [9.17, 15) is 13.2 Å². The summed E-state index contributed by atoms with van der Waals surface area (Å²) in [6, 6.07) is 7.32. The highest BCUT2D eigenvalue weighted by Crippen LogP contribution is 2.32. The molecule has 2 aromatic rings. The molecule has 0 aliphatic rings. The quantitative estimate of drug-likeness (QED) is 0.798. The summed E-state index contributed by atoms with van der Waals surface area (Å²) in [5.74, 6) is 1.07. The van der Waals surface area contributed by atoms with Gasteiger partial charge in [0.2, 0.25) is 0 Å². The van der Waals surface area contributed by atoms with Gasteiger partial charge in [-0.1, -0.05) is 12.1 Å². The number of hydrogen-bond acceptors (Lipinski definition) is 4. The van der Waals surface area contributed by atoms with Gasteiger partial charge in [-0.05, 0) is 12.1 Å². The van der Waals surface area contributed by atoms with Crippen molar-refractivity contribution in [3.63, 3.8) is 0 Å². The molecule has 2 N–H and O–H groups in total. The van der Waals surface area contributed by atoms with Crippen molar-refractivity contribution in [2.45, 2.75) is 19.1 Å². The van der Waals surface area contributed by atoms with Gasteiger partial charge >= 0.3 is 6.18 Å². The molecule has 1 aromatic heterocycles. The summed E-state index contributed by atoms with van der Waals surface area (Å²) in [7, 11) is 0. The number of benzene rings is 1. The maximum absolute atomic E-state index is 11.9. The van der Waals surface area contributed by atoms with Crippen LogP contribution >= 0.6 is 0 Å². The fourth-order valence-electron chi connectivity index (χ4n) is 1.89. The summed E-state index contributed by atoms with van der Waals surface area (Å²) in [5, 5.41) is 0.800. The van der Waals surface area contributed by atoms with E-state index < -0.39 is 12.8 Å². The third kappa shape index (κ3) is 4.37. The number of rotatable bonds is 7. The molecule has 0 unspecified atom stereocenters. The molecule has 0 radical (unpaired) electrons. The molecule has 0 bridgehead atoms. The molecule has 2 rings (SSSR count). The molecule has 0 saturated carbocycles. The molecule has 0 atom stereocenters. The molecule has 0 saturated heterocycles. The zero-order valence-corrected chi connectivity index (χ0v) is 11.3. The van der Waals surface area contributed by atoms with Crippen molar-refractivity contribution >= 4 is 11.0 Å². The number of fused-ring (bicyclic) bond motifs is 1. The minimum absolute atomic E-state index is 0.0206. The van der Waals surface area contributed by atoms with Gasteiger partial charge in [0, 0.05) is 6.42 Å². The average molecular weight is 303 g/mol. The molecule has 4 nitrogen and oxygen atoms in total. The molecule has 1 heterocycles. The Bertz CT molecular complexity index is 580. The standard InChI is InChI=1S/C14H16F3NO3/c15-14(16,17)9-19-6-3-7-20-13-10-4-1-2-5-11(10)21-12(13)8-18/h1-2,4-5H,3,6-9,18H2. The van der Waals surface area contributed by atoms with E-state index in [0.29, 0.717) is 23.5 Å². The van der Waals surface area contributed by atoms with Gasteiger partial charge in [0.1, 0.15) is 12.2 Å². The highest BCUT2D eigenvalue weighted by Gasteiger charge is 2.27. The zero-order valence-electron chi connectivity index (χ0n) is 11.3.